The van der Waals surface area contributed by atoms with Crippen LogP contribution in [-0.4, -0.2) is 43.5 Å². The van der Waals surface area contributed by atoms with Crippen molar-refractivity contribution in [2.45, 2.75) is 26.3 Å². The molecule has 1 atom stereocenters. The average Bonchev–Trinajstić information content (AvgIpc) is 2.09. The van der Waals surface area contributed by atoms with Gasteiger partial charge in [-0.1, -0.05) is 0 Å². The molecule has 2 N–H and O–H groups in total. The molecule has 0 amide bonds. The van der Waals surface area contributed by atoms with Crippen LogP contribution in [0.1, 0.15) is 20.8 Å². The lowest BCUT2D eigenvalue weighted by Crippen LogP contribution is -2.38. The Labute approximate surface area is 91.7 Å². The first kappa shape index (κ1) is 15.1. The van der Waals surface area contributed by atoms with Gasteiger partial charge in [0.25, 0.3) is 0 Å². The molecule has 15 heavy (non-hydrogen) atoms. The Hall–Kier alpha value is 0.0700. The van der Waals surface area contributed by atoms with E-state index in [1.807, 2.05) is 0 Å². The Balaban J connectivity index is 3.37. The van der Waals surface area contributed by atoms with E-state index >= 15 is 0 Å². The molecule has 1 unspecified atom stereocenters. The van der Waals surface area contributed by atoms with Crippen molar-refractivity contribution in [1.82, 2.24) is 5.32 Å². The van der Waals surface area contributed by atoms with Gasteiger partial charge in [-0.05, 0) is 20.8 Å². The summed E-state index contributed by atoms with van der Waals surface area (Å²) in [7, 11) is -2.18. The highest BCUT2D eigenvalue weighted by Gasteiger charge is 2.16. The molecule has 0 aliphatic heterocycles. The molecule has 0 saturated carbocycles. The van der Waals surface area contributed by atoms with Gasteiger partial charge in [-0.2, -0.15) is 0 Å². The summed E-state index contributed by atoms with van der Waals surface area (Å²) in [6, 6.07) is 0. The lowest BCUT2D eigenvalue weighted by Gasteiger charge is -2.20. The summed E-state index contributed by atoms with van der Waals surface area (Å²) in [5, 5.41) is 3.25. The first-order valence-corrected chi connectivity index (χ1v) is 6.73. The van der Waals surface area contributed by atoms with Crippen molar-refractivity contribution in [3.05, 3.63) is 0 Å². The van der Waals surface area contributed by atoms with Gasteiger partial charge in [0, 0.05) is 19.2 Å². The summed E-state index contributed by atoms with van der Waals surface area (Å²) < 4.78 is 20.6. The summed E-state index contributed by atoms with van der Waals surface area (Å²) in [4.78, 5) is 9.05. The summed E-state index contributed by atoms with van der Waals surface area (Å²) in [5.74, 6) is 0. The summed E-state index contributed by atoms with van der Waals surface area (Å²) in [6.45, 7) is 7.71. The van der Waals surface area contributed by atoms with Crippen molar-refractivity contribution in [3.8, 4) is 0 Å². The van der Waals surface area contributed by atoms with Crippen LogP contribution in [0.3, 0.4) is 0 Å². The van der Waals surface area contributed by atoms with Gasteiger partial charge < -0.3 is 19.5 Å². The third-order valence-corrected chi connectivity index (χ3v) is 3.02. The fourth-order valence-corrected chi connectivity index (χ4v) is 1.41. The molecule has 0 spiro atoms. The van der Waals surface area contributed by atoms with Gasteiger partial charge in [-0.3, -0.25) is 4.57 Å². The standard InChI is InChI=1S/C9H22NO4P/c1-9(2,3)10-5-6-14-7-8-15(11,12)13-4/h10H,5-8H2,1-4H3,(H,11,12). The summed E-state index contributed by atoms with van der Waals surface area (Å²) in [6.07, 6.45) is 0.0407. The SMILES string of the molecule is COP(=O)(O)CCOCCNC(C)(C)C. The molecule has 0 aliphatic rings. The van der Waals surface area contributed by atoms with Crippen LogP contribution < -0.4 is 5.32 Å². The number of hydrogen-bond acceptors (Lipinski definition) is 4. The predicted molar refractivity (Wildman–Crippen MR) is 60.3 cm³/mol. The molecule has 0 aromatic rings. The quantitative estimate of drug-likeness (QED) is 0.516. The van der Waals surface area contributed by atoms with Crippen LogP contribution in [0, 0.1) is 0 Å². The zero-order valence-electron chi connectivity index (χ0n) is 9.95. The number of rotatable bonds is 7. The minimum atomic E-state index is -3.40. The van der Waals surface area contributed by atoms with Crippen LogP contribution in [0.2, 0.25) is 0 Å². The lowest BCUT2D eigenvalue weighted by atomic mass is 10.1. The van der Waals surface area contributed by atoms with E-state index in [1.54, 1.807) is 0 Å². The van der Waals surface area contributed by atoms with Crippen LogP contribution in [0.15, 0.2) is 0 Å². The van der Waals surface area contributed by atoms with Gasteiger partial charge in [0.2, 0.25) is 0 Å². The van der Waals surface area contributed by atoms with Crippen LogP contribution in [-0.2, 0) is 13.8 Å². The van der Waals surface area contributed by atoms with Gasteiger partial charge in [0.1, 0.15) is 0 Å². The van der Waals surface area contributed by atoms with Crippen LogP contribution in [0.25, 0.3) is 0 Å². The van der Waals surface area contributed by atoms with E-state index < -0.39 is 7.60 Å². The third-order valence-electron chi connectivity index (χ3n) is 1.71. The Morgan fingerprint density at radius 1 is 1.33 bits per heavy atom. The molecule has 0 aliphatic carbocycles. The van der Waals surface area contributed by atoms with E-state index in [1.165, 1.54) is 7.11 Å². The Morgan fingerprint density at radius 3 is 2.40 bits per heavy atom. The minimum Gasteiger partial charge on any atom is -0.379 e. The highest BCUT2D eigenvalue weighted by Crippen LogP contribution is 2.39. The molecular formula is C9H22NO4P. The lowest BCUT2D eigenvalue weighted by molar-refractivity contribution is 0.140. The second kappa shape index (κ2) is 6.61. The largest absolute Gasteiger partial charge is 0.379 e. The minimum absolute atomic E-state index is 0.0407. The fraction of sp³-hybridized carbons (Fsp3) is 1.00. The topological polar surface area (TPSA) is 67.8 Å². The van der Waals surface area contributed by atoms with Crippen molar-refractivity contribution in [1.29, 1.82) is 0 Å². The molecule has 92 valence electrons. The molecule has 5 nitrogen and oxygen atoms in total. The van der Waals surface area contributed by atoms with E-state index in [4.69, 9.17) is 9.63 Å². The van der Waals surface area contributed by atoms with Crippen LogP contribution in [0.5, 0.6) is 0 Å². The predicted octanol–water partition coefficient (Wildman–Crippen LogP) is 1.22. The maximum Gasteiger partial charge on any atom is 0.330 e. The molecule has 0 radical (unpaired) electrons. The molecular weight excluding hydrogens is 217 g/mol. The smallest absolute Gasteiger partial charge is 0.330 e. The molecule has 0 aromatic heterocycles. The Kier molecular flexibility index (Phi) is 6.64. The van der Waals surface area contributed by atoms with Crippen LogP contribution in [0.4, 0.5) is 0 Å². The van der Waals surface area contributed by atoms with Gasteiger partial charge in [0.05, 0.1) is 19.4 Å². The van der Waals surface area contributed by atoms with E-state index in [2.05, 4.69) is 30.6 Å². The number of hydrogen-bond donors (Lipinski definition) is 2. The van der Waals surface area contributed by atoms with Gasteiger partial charge >= 0.3 is 7.60 Å². The highest BCUT2D eigenvalue weighted by molar-refractivity contribution is 7.52. The second-order valence-electron chi connectivity index (χ2n) is 4.33. The maximum atomic E-state index is 11.0. The van der Waals surface area contributed by atoms with Gasteiger partial charge in [-0.25, -0.2) is 0 Å². The molecule has 0 fully saturated rings. The number of nitrogens with one attached hydrogen (secondary N) is 1. The van der Waals surface area contributed by atoms with Crippen molar-refractivity contribution < 1.29 is 18.7 Å². The summed E-state index contributed by atoms with van der Waals surface area (Å²) >= 11 is 0. The van der Waals surface area contributed by atoms with Gasteiger partial charge in [0.15, 0.2) is 0 Å². The third kappa shape index (κ3) is 10.4. The number of ether oxygens (including phenoxy) is 1. The van der Waals surface area contributed by atoms with Crippen LogP contribution >= 0.6 is 7.60 Å². The zero-order valence-corrected chi connectivity index (χ0v) is 10.8. The van der Waals surface area contributed by atoms with E-state index in [-0.39, 0.29) is 18.3 Å². The molecule has 0 bridgehead atoms. The molecule has 6 heteroatoms. The van der Waals surface area contributed by atoms with Gasteiger partial charge in [-0.15, -0.1) is 0 Å². The Bertz CT molecular complexity index is 215. The molecule has 0 aromatic carbocycles. The Morgan fingerprint density at radius 2 is 1.93 bits per heavy atom. The van der Waals surface area contributed by atoms with Crippen molar-refractivity contribution in [3.63, 3.8) is 0 Å². The molecule has 0 rings (SSSR count). The van der Waals surface area contributed by atoms with E-state index in [0.29, 0.717) is 6.61 Å². The second-order valence-corrected chi connectivity index (χ2v) is 6.42. The summed E-state index contributed by atoms with van der Waals surface area (Å²) in [5.41, 5.74) is 0.0716. The highest BCUT2D eigenvalue weighted by atomic mass is 31.2. The fourth-order valence-electron chi connectivity index (χ4n) is 0.871. The average molecular weight is 239 g/mol. The monoisotopic (exact) mass is 239 g/mol. The first-order valence-electron chi connectivity index (χ1n) is 4.97. The maximum absolute atomic E-state index is 11.0. The normalized spacial score (nSPS) is 16.3. The van der Waals surface area contributed by atoms with Crippen molar-refractivity contribution >= 4 is 7.60 Å². The van der Waals surface area contributed by atoms with Crippen molar-refractivity contribution in [2.75, 3.05) is 33.0 Å². The van der Waals surface area contributed by atoms with Crippen molar-refractivity contribution in [2.24, 2.45) is 0 Å². The first-order chi connectivity index (χ1) is 6.77. The zero-order chi connectivity index (χ0) is 11.9. The van der Waals surface area contributed by atoms with E-state index in [0.717, 1.165) is 6.54 Å². The molecule has 0 saturated heterocycles. The molecule has 0 heterocycles. The van der Waals surface area contributed by atoms with E-state index in [9.17, 15) is 4.57 Å².